The van der Waals surface area contributed by atoms with Crippen LogP contribution in [0.5, 0.6) is 0 Å². The van der Waals surface area contributed by atoms with E-state index in [4.69, 9.17) is 9.47 Å². The number of nitrogens with one attached hydrogen (secondary N) is 1. The van der Waals surface area contributed by atoms with Crippen molar-refractivity contribution in [3.8, 4) is 5.95 Å². The highest BCUT2D eigenvalue weighted by atomic mass is 16.5. The quantitative estimate of drug-likeness (QED) is 0.751. The molecular formula is C15H19N5O3. The largest absolute Gasteiger partial charge is 0.382 e. The molecule has 3 rings (SSSR count). The van der Waals surface area contributed by atoms with Crippen molar-refractivity contribution in [2.45, 2.75) is 25.0 Å². The van der Waals surface area contributed by atoms with E-state index in [1.807, 2.05) is 0 Å². The molecule has 2 aromatic heterocycles. The minimum Gasteiger partial charge on any atom is -0.382 e. The van der Waals surface area contributed by atoms with Crippen LogP contribution in [0.3, 0.4) is 0 Å². The molecule has 1 fully saturated rings. The second-order valence-corrected chi connectivity index (χ2v) is 5.34. The Kier molecular flexibility index (Phi) is 4.94. The predicted molar refractivity (Wildman–Crippen MR) is 81.3 cm³/mol. The number of imidazole rings is 1. The molecule has 2 aromatic rings. The number of amides is 1. The van der Waals surface area contributed by atoms with Crippen LogP contribution in [0.1, 0.15) is 23.3 Å². The SMILES string of the molecule is COCCO[C@H]1C[C@H](NC(=O)c2ccnc(-n3ccnc3)n2)C1. The molecule has 1 saturated carbocycles. The second-order valence-electron chi connectivity index (χ2n) is 5.34. The lowest BCUT2D eigenvalue weighted by Crippen LogP contribution is -2.48. The molecule has 0 atom stereocenters. The molecule has 8 nitrogen and oxygen atoms in total. The number of rotatable bonds is 7. The lowest BCUT2D eigenvalue weighted by atomic mass is 9.89. The van der Waals surface area contributed by atoms with Crippen molar-refractivity contribution in [3.05, 3.63) is 36.7 Å². The van der Waals surface area contributed by atoms with Gasteiger partial charge in [0.15, 0.2) is 0 Å². The standard InChI is InChI=1S/C15H19N5O3/c1-22-6-7-23-12-8-11(9-12)18-14(21)13-2-3-17-15(19-13)20-5-4-16-10-20/h2-5,10-12H,6-9H2,1H3,(H,18,21)/t11-,12-. The fourth-order valence-corrected chi connectivity index (χ4v) is 2.35. The van der Waals surface area contributed by atoms with Gasteiger partial charge in [-0.15, -0.1) is 0 Å². The highest BCUT2D eigenvalue weighted by molar-refractivity contribution is 5.92. The Morgan fingerprint density at radius 3 is 3.00 bits per heavy atom. The number of methoxy groups -OCH3 is 1. The predicted octanol–water partition coefficient (Wildman–Crippen LogP) is 0.586. The van der Waals surface area contributed by atoms with Crippen molar-refractivity contribution in [1.29, 1.82) is 0 Å². The fraction of sp³-hybridized carbons (Fsp3) is 0.467. The lowest BCUT2D eigenvalue weighted by molar-refractivity contribution is -0.0343. The number of nitrogens with zero attached hydrogens (tertiary/aromatic N) is 4. The number of hydrogen-bond acceptors (Lipinski definition) is 6. The van der Waals surface area contributed by atoms with E-state index in [-0.39, 0.29) is 18.1 Å². The fourth-order valence-electron chi connectivity index (χ4n) is 2.35. The normalized spacial score (nSPS) is 20.0. The summed E-state index contributed by atoms with van der Waals surface area (Å²) in [7, 11) is 1.65. The summed E-state index contributed by atoms with van der Waals surface area (Å²) >= 11 is 0. The van der Waals surface area contributed by atoms with Gasteiger partial charge in [-0.05, 0) is 18.9 Å². The molecular weight excluding hydrogens is 298 g/mol. The van der Waals surface area contributed by atoms with Gasteiger partial charge >= 0.3 is 0 Å². The molecule has 1 aliphatic carbocycles. The van der Waals surface area contributed by atoms with Gasteiger partial charge in [0, 0.05) is 31.7 Å². The number of aromatic nitrogens is 4. The van der Waals surface area contributed by atoms with E-state index in [0.717, 1.165) is 12.8 Å². The minimum atomic E-state index is -0.200. The Balaban J connectivity index is 1.51. The first-order valence-corrected chi connectivity index (χ1v) is 7.49. The first-order valence-electron chi connectivity index (χ1n) is 7.49. The zero-order chi connectivity index (χ0) is 16.1. The van der Waals surface area contributed by atoms with Crippen molar-refractivity contribution in [3.63, 3.8) is 0 Å². The van der Waals surface area contributed by atoms with Crippen LogP contribution in [0.2, 0.25) is 0 Å². The molecule has 0 radical (unpaired) electrons. The molecule has 1 amide bonds. The Morgan fingerprint density at radius 2 is 2.26 bits per heavy atom. The van der Waals surface area contributed by atoms with E-state index in [1.54, 1.807) is 42.7 Å². The van der Waals surface area contributed by atoms with Crippen LogP contribution in [0.25, 0.3) is 5.95 Å². The zero-order valence-electron chi connectivity index (χ0n) is 12.9. The third kappa shape index (κ3) is 3.91. The van der Waals surface area contributed by atoms with Gasteiger partial charge in [-0.1, -0.05) is 0 Å². The first kappa shape index (κ1) is 15.6. The monoisotopic (exact) mass is 317 g/mol. The van der Waals surface area contributed by atoms with E-state index < -0.39 is 0 Å². The highest BCUT2D eigenvalue weighted by Crippen LogP contribution is 2.23. The van der Waals surface area contributed by atoms with Gasteiger partial charge in [-0.25, -0.2) is 15.0 Å². The average molecular weight is 317 g/mol. The summed E-state index contributed by atoms with van der Waals surface area (Å²) in [5, 5.41) is 2.96. The van der Waals surface area contributed by atoms with Gasteiger partial charge in [0.1, 0.15) is 12.0 Å². The van der Waals surface area contributed by atoms with Crippen LogP contribution in [-0.4, -0.2) is 57.9 Å². The van der Waals surface area contributed by atoms with Crippen molar-refractivity contribution in [1.82, 2.24) is 24.8 Å². The Bertz CT molecular complexity index is 640. The number of ether oxygens (including phenoxy) is 2. The van der Waals surface area contributed by atoms with Crippen LogP contribution in [-0.2, 0) is 9.47 Å². The number of carbonyl (C=O) groups excluding carboxylic acids is 1. The Morgan fingerprint density at radius 1 is 1.39 bits per heavy atom. The minimum absolute atomic E-state index is 0.127. The lowest BCUT2D eigenvalue weighted by Gasteiger charge is -2.35. The summed E-state index contributed by atoms with van der Waals surface area (Å²) < 4.78 is 12.2. The molecule has 0 saturated heterocycles. The van der Waals surface area contributed by atoms with Crippen molar-refractivity contribution >= 4 is 5.91 Å². The van der Waals surface area contributed by atoms with Gasteiger partial charge in [-0.3, -0.25) is 9.36 Å². The Hall–Kier alpha value is -2.32. The van der Waals surface area contributed by atoms with Crippen molar-refractivity contribution in [2.24, 2.45) is 0 Å². The van der Waals surface area contributed by atoms with E-state index in [1.165, 1.54) is 0 Å². The van der Waals surface area contributed by atoms with E-state index in [2.05, 4.69) is 20.3 Å². The average Bonchev–Trinajstić information content (AvgIpc) is 3.07. The van der Waals surface area contributed by atoms with E-state index in [0.29, 0.717) is 24.9 Å². The summed E-state index contributed by atoms with van der Waals surface area (Å²) in [6.45, 7) is 1.17. The van der Waals surface area contributed by atoms with Gasteiger partial charge in [0.05, 0.1) is 19.3 Å². The van der Waals surface area contributed by atoms with Gasteiger partial charge < -0.3 is 14.8 Å². The molecule has 0 aliphatic heterocycles. The third-order valence-corrected chi connectivity index (χ3v) is 3.68. The highest BCUT2D eigenvalue weighted by Gasteiger charge is 2.31. The molecule has 8 heteroatoms. The zero-order valence-corrected chi connectivity index (χ0v) is 12.9. The third-order valence-electron chi connectivity index (χ3n) is 3.68. The Labute approximate surface area is 133 Å². The molecule has 1 N–H and O–H groups in total. The van der Waals surface area contributed by atoms with Crippen LogP contribution in [0.15, 0.2) is 31.0 Å². The second kappa shape index (κ2) is 7.30. The van der Waals surface area contributed by atoms with Gasteiger partial charge in [0.25, 0.3) is 5.91 Å². The summed E-state index contributed by atoms with van der Waals surface area (Å²) in [4.78, 5) is 24.6. The summed E-state index contributed by atoms with van der Waals surface area (Å²) in [6.07, 6.45) is 8.34. The maximum absolute atomic E-state index is 12.2. The molecule has 0 spiro atoms. The molecule has 0 unspecified atom stereocenters. The first-order chi connectivity index (χ1) is 11.3. The van der Waals surface area contributed by atoms with Gasteiger partial charge in [0.2, 0.25) is 5.95 Å². The van der Waals surface area contributed by atoms with Crippen LogP contribution < -0.4 is 5.32 Å². The molecule has 2 heterocycles. The van der Waals surface area contributed by atoms with E-state index >= 15 is 0 Å². The van der Waals surface area contributed by atoms with E-state index in [9.17, 15) is 4.79 Å². The van der Waals surface area contributed by atoms with Crippen LogP contribution in [0.4, 0.5) is 0 Å². The maximum atomic E-state index is 12.2. The molecule has 122 valence electrons. The molecule has 1 aliphatic rings. The number of carbonyl (C=O) groups is 1. The number of hydrogen-bond donors (Lipinski definition) is 1. The smallest absolute Gasteiger partial charge is 0.270 e. The molecule has 0 bridgehead atoms. The van der Waals surface area contributed by atoms with Crippen LogP contribution >= 0.6 is 0 Å². The van der Waals surface area contributed by atoms with Gasteiger partial charge in [-0.2, -0.15) is 0 Å². The van der Waals surface area contributed by atoms with Crippen LogP contribution in [0, 0.1) is 0 Å². The molecule has 0 aromatic carbocycles. The summed E-state index contributed by atoms with van der Waals surface area (Å²) in [5.74, 6) is 0.221. The summed E-state index contributed by atoms with van der Waals surface area (Å²) in [6, 6.07) is 1.72. The topological polar surface area (TPSA) is 91.2 Å². The van der Waals surface area contributed by atoms with Crippen molar-refractivity contribution < 1.29 is 14.3 Å². The van der Waals surface area contributed by atoms with Crippen molar-refractivity contribution in [2.75, 3.05) is 20.3 Å². The maximum Gasteiger partial charge on any atom is 0.270 e. The summed E-state index contributed by atoms with van der Waals surface area (Å²) in [5.41, 5.74) is 0.340. The molecule has 23 heavy (non-hydrogen) atoms.